The first kappa shape index (κ1) is 9.33. The van der Waals surface area contributed by atoms with Crippen molar-refractivity contribution in [2.75, 3.05) is 16.4 Å². The van der Waals surface area contributed by atoms with Crippen LogP contribution < -0.4 is 10.6 Å². The zero-order valence-corrected chi connectivity index (χ0v) is 9.14. The summed E-state index contributed by atoms with van der Waals surface area (Å²) in [4.78, 5) is 2.22. The van der Waals surface area contributed by atoms with Gasteiger partial charge in [0.15, 0.2) is 0 Å². The molecule has 2 bridgehead atoms. The van der Waals surface area contributed by atoms with Gasteiger partial charge in [-0.3, -0.25) is 0 Å². The Balaban J connectivity index is 1.99. The minimum atomic E-state index is -0.186. The van der Waals surface area contributed by atoms with E-state index in [0.29, 0.717) is 17.1 Å². The van der Waals surface area contributed by atoms with E-state index < -0.39 is 0 Å². The smallest absolute Gasteiger partial charge is 0.148 e. The number of halogens is 1. The van der Waals surface area contributed by atoms with Crippen LogP contribution in [0.1, 0.15) is 12.8 Å². The Morgan fingerprint density at radius 2 is 2.27 bits per heavy atom. The van der Waals surface area contributed by atoms with Crippen LogP contribution >= 0.6 is 11.8 Å². The Labute approximate surface area is 92.6 Å². The van der Waals surface area contributed by atoms with Gasteiger partial charge < -0.3 is 10.6 Å². The number of hydrogen-bond acceptors (Lipinski definition) is 3. The predicted octanol–water partition coefficient (Wildman–Crippen LogP) is 2.45. The van der Waals surface area contributed by atoms with E-state index in [1.165, 1.54) is 18.9 Å². The van der Waals surface area contributed by atoms with E-state index >= 15 is 0 Å². The predicted molar refractivity (Wildman–Crippen MR) is 62.6 cm³/mol. The molecule has 4 heteroatoms. The first-order chi connectivity index (χ1) is 7.25. The van der Waals surface area contributed by atoms with E-state index in [1.54, 1.807) is 6.07 Å². The summed E-state index contributed by atoms with van der Waals surface area (Å²) in [6.45, 7) is 0. The van der Waals surface area contributed by atoms with E-state index in [1.807, 2.05) is 17.8 Å². The summed E-state index contributed by atoms with van der Waals surface area (Å²) in [5, 5.41) is 0.480. The van der Waals surface area contributed by atoms with Crippen molar-refractivity contribution in [2.24, 2.45) is 0 Å². The first-order valence-electron chi connectivity index (χ1n) is 5.20. The Morgan fingerprint density at radius 3 is 2.80 bits per heavy atom. The lowest BCUT2D eigenvalue weighted by Crippen LogP contribution is -2.29. The van der Waals surface area contributed by atoms with Gasteiger partial charge in [0, 0.05) is 17.5 Å². The molecule has 2 fully saturated rings. The average Bonchev–Trinajstić information content (AvgIpc) is 2.78. The normalized spacial score (nSPS) is 28.7. The Bertz CT molecular complexity index is 376. The number of anilines is 2. The molecule has 2 unspecified atom stereocenters. The monoisotopic (exact) mass is 224 g/mol. The minimum absolute atomic E-state index is 0.186. The number of nitrogen functional groups attached to an aromatic ring is 1. The fraction of sp³-hybridized carbons (Fsp3) is 0.455. The zero-order chi connectivity index (χ0) is 10.4. The first-order valence-corrected chi connectivity index (χ1v) is 6.25. The van der Waals surface area contributed by atoms with Gasteiger partial charge in [0.2, 0.25) is 0 Å². The summed E-state index contributed by atoms with van der Waals surface area (Å²) in [7, 11) is 0. The molecule has 80 valence electrons. The maximum Gasteiger partial charge on any atom is 0.148 e. The third-order valence-corrected chi connectivity index (χ3v) is 4.61. The van der Waals surface area contributed by atoms with E-state index in [2.05, 4.69) is 4.90 Å². The van der Waals surface area contributed by atoms with Crippen LogP contribution in [-0.4, -0.2) is 17.2 Å². The van der Waals surface area contributed by atoms with Crippen molar-refractivity contribution in [2.45, 2.75) is 24.3 Å². The van der Waals surface area contributed by atoms with Crippen molar-refractivity contribution >= 4 is 23.1 Å². The number of benzene rings is 1. The molecule has 2 atom stereocenters. The SMILES string of the molecule is Nc1ccc(N2C3CCC2SC3)c(F)c1. The number of thioether (sulfide) groups is 1. The molecule has 15 heavy (non-hydrogen) atoms. The Kier molecular flexibility index (Phi) is 2.06. The molecule has 2 N–H and O–H groups in total. The number of fused-ring (bicyclic) bond motifs is 2. The van der Waals surface area contributed by atoms with Gasteiger partial charge in [0.25, 0.3) is 0 Å². The Hall–Kier alpha value is -0.900. The fourth-order valence-electron chi connectivity index (χ4n) is 2.48. The van der Waals surface area contributed by atoms with E-state index in [-0.39, 0.29) is 5.82 Å². The molecule has 0 radical (unpaired) electrons. The number of rotatable bonds is 1. The number of nitrogens with zero attached hydrogens (tertiary/aromatic N) is 1. The van der Waals surface area contributed by atoms with Crippen molar-refractivity contribution in [1.29, 1.82) is 0 Å². The van der Waals surface area contributed by atoms with Crippen LogP contribution in [0.2, 0.25) is 0 Å². The molecule has 0 aromatic heterocycles. The molecular formula is C11H13FN2S. The van der Waals surface area contributed by atoms with E-state index in [9.17, 15) is 4.39 Å². The molecule has 0 saturated carbocycles. The van der Waals surface area contributed by atoms with Crippen LogP contribution in [-0.2, 0) is 0 Å². The maximum atomic E-state index is 13.7. The van der Waals surface area contributed by atoms with Crippen molar-refractivity contribution in [3.8, 4) is 0 Å². The highest BCUT2D eigenvalue weighted by Gasteiger charge is 2.40. The van der Waals surface area contributed by atoms with Gasteiger partial charge in [0.1, 0.15) is 5.82 Å². The molecule has 2 nitrogen and oxygen atoms in total. The third-order valence-electron chi connectivity index (χ3n) is 3.18. The quantitative estimate of drug-likeness (QED) is 0.743. The van der Waals surface area contributed by atoms with Crippen LogP contribution in [0.15, 0.2) is 18.2 Å². The lowest BCUT2D eigenvalue weighted by Gasteiger charge is -2.24. The molecule has 1 aromatic rings. The second-order valence-corrected chi connectivity index (χ2v) is 5.35. The summed E-state index contributed by atoms with van der Waals surface area (Å²) in [5.74, 6) is 0.948. The molecule has 2 aliphatic rings. The largest absolute Gasteiger partial charge is 0.399 e. The van der Waals surface area contributed by atoms with Gasteiger partial charge in [-0.1, -0.05) is 0 Å². The van der Waals surface area contributed by atoms with Crippen molar-refractivity contribution < 1.29 is 4.39 Å². The molecular weight excluding hydrogens is 211 g/mol. The highest BCUT2D eigenvalue weighted by Crippen LogP contribution is 2.44. The maximum absolute atomic E-state index is 13.7. The lowest BCUT2D eigenvalue weighted by atomic mass is 10.2. The van der Waals surface area contributed by atoms with Gasteiger partial charge in [-0.05, 0) is 31.0 Å². The highest BCUT2D eigenvalue weighted by molar-refractivity contribution is 8.00. The second-order valence-electron chi connectivity index (χ2n) is 4.14. The highest BCUT2D eigenvalue weighted by atomic mass is 32.2. The van der Waals surface area contributed by atoms with Gasteiger partial charge in [-0.25, -0.2) is 4.39 Å². The van der Waals surface area contributed by atoms with Gasteiger partial charge in [0.05, 0.1) is 11.1 Å². The standard InChI is InChI=1S/C11H13FN2S/c12-9-5-7(13)1-3-10(9)14-8-2-4-11(14)15-6-8/h1,3,5,8,11H,2,4,6,13H2. The fourth-order valence-corrected chi connectivity index (χ4v) is 4.00. The number of hydrogen-bond donors (Lipinski definition) is 1. The molecule has 3 rings (SSSR count). The van der Waals surface area contributed by atoms with E-state index in [0.717, 1.165) is 11.4 Å². The van der Waals surface area contributed by atoms with Gasteiger partial charge >= 0.3 is 0 Å². The molecule has 2 saturated heterocycles. The third kappa shape index (κ3) is 1.39. The summed E-state index contributed by atoms with van der Waals surface area (Å²) in [6, 6.07) is 5.53. The molecule has 0 spiro atoms. The second kappa shape index (κ2) is 3.30. The van der Waals surface area contributed by atoms with Crippen LogP contribution in [0.3, 0.4) is 0 Å². The van der Waals surface area contributed by atoms with Crippen molar-refractivity contribution in [3.05, 3.63) is 24.0 Å². The molecule has 0 amide bonds. The summed E-state index contributed by atoms with van der Waals surface area (Å²) in [6.07, 6.45) is 2.38. The summed E-state index contributed by atoms with van der Waals surface area (Å²) < 4.78 is 13.7. The van der Waals surface area contributed by atoms with Crippen LogP contribution in [0.5, 0.6) is 0 Å². The average molecular weight is 224 g/mol. The van der Waals surface area contributed by atoms with Gasteiger partial charge in [-0.15, -0.1) is 11.8 Å². The molecule has 1 aromatic carbocycles. The minimum Gasteiger partial charge on any atom is -0.399 e. The van der Waals surface area contributed by atoms with Crippen molar-refractivity contribution in [3.63, 3.8) is 0 Å². The Morgan fingerprint density at radius 1 is 1.40 bits per heavy atom. The summed E-state index contributed by atoms with van der Waals surface area (Å²) in [5.41, 5.74) is 6.77. The van der Waals surface area contributed by atoms with E-state index in [4.69, 9.17) is 5.73 Å². The molecule has 2 heterocycles. The van der Waals surface area contributed by atoms with Crippen LogP contribution in [0.4, 0.5) is 15.8 Å². The van der Waals surface area contributed by atoms with Crippen LogP contribution in [0, 0.1) is 5.82 Å². The molecule has 2 aliphatic heterocycles. The topological polar surface area (TPSA) is 29.3 Å². The zero-order valence-electron chi connectivity index (χ0n) is 8.32. The number of nitrogens with two attached hydrogens (primary N) is 1. The molecule has 0 aliphatic carbocycles. The van der Waals surface area contributed by atoms with Crippen molar-refractivity contribution in [1.82, 2.24) is 0 Å². The van der Waals surface area contributed by atoms with Crippen LogP contribution in [0.25, 0.3) is 0 Å². The lowest BCUT2D eigenvalue weighted by molar-refractivity contribution is 0.616. The van der Waals surface area contributed by atoms with Gasteiger partial charge in [-0.2, -0.15) is 0 Å². The summed E-state index contributed by atoms with van der Waals surface area (Å²) >= 11 is 1.94.